The fourth-order valence-electron chi connectivity index (χ4n) is 1.66. The summed E-state index contributed by atoms with van der Waals surface area (Å²) >= 11 is 3.15. The molecule has 0 spiro atoms. The molecule has 0 aliphatic rings. The summed E-state index contributed by atoms with van der Waals surface area (Å²) in [6.45, 7) is -0.0292. The van der Waals surface area contributed by atoms with Crippen molar-refractivity contribution < 1.29 is 18.7 Å². The van der Waals surface area contributed by atoms with Gasteiger partial charge >= 0.3 is 0 Å². The Morgan fingerprint density at radius 1 is 1.24 bits per heavy atom. The van der Waals surface area contributed by atoms with E-state index in [1.165, 1.54) is 13.4 Å². The highest BCUT2D eigenvalue weighted by atomic mass is 79.9. The van der Waals surface area contributed by atoms with Crippen LogP contribution in [0.25, 0.3) is 0 Å². The van der Waals surface area contributed by atoms with Crippen molar-refractivity contribution in [3.63, 3.8) is 0 Å². The number of rotatable bonds is 5. The zero-order chi connectivity index (χ0) is 15.2. The van der Waals surface area contributed by atoms with Crippen molar-refractivity contribution in [1.82, 2.24) is 0 Å². The largest absolute Gasteiger partial charge is 0.457 e. The van der Waals surface area contributed by atoms with Crippen LogP contribution in [-0.4, -0.2) is 25.5 Å². The quantitative estimate of drug-likeness (QED) is 0.866. The molecule has 2 amide bonds. The van der Waals surface area contributed by atoms with E-state index in [1.54, 1.807) is 30.3 Å². The molecule has 110 valence electrons. The Hall–Kier alpha value is -2.12. The van der Waals surface area contributed by atoms with Gasteiger partial charge < -0.3 is 19.8 Å². The lowest BCUT2D eigenvalue weighted by Gasteiger charge is -2.08. The van der Waals surface area contributed by atoms with Gasteiger partial charge in [0.1, 0.15) is 6.61 Å². The van der Waals surface area contributed by atoms with Gasteiger partial charge in [0.25, 0.3) is 5.91 Å². The molecular weight excluding hydrogens is 340 g/mol. The van der Waals surface area contributed by atoms with Gasteiger partial charge in [-0.05, 0) is 40.2 Å². The number of nitrogens with one attached hydrogen (secondary N) is 2. The highest BCUT2D eigenvalue weighted by Gasteiger charge is 2.13. The molecule has 1 aromatic carbocycles. The van der Waals surface area contributed by atoms with Crippen molar-refractivity contribution in [2.45, 2.75) is 0 Å². The van der Waals surface area contributed by atoms with Crippen LogP contribution in [0.5, 0.6) is 0 Å². The van der Waals surface area contributed by atoms with Gasteiger partial charge in [0, 0.05) is 18.5 Å². The fourth-order valence-corrected chi connectivity index (χ4v) is 2.08. The molecule has 0 atom stereocenters. The number of amides is 2. The number of furan rings is 1. The molecule has 2 N–H and O–H groups in total. The number of methoxy groups -OCH3 is 1. The number of benzene rings is 1. The molecule has 0 bridgehead atoms. The lowest BCUT2D eigenvalue weighted by atomic mass is 10.2. The third-order valence-electron chi connectivity index (χ3n) is 2.54. The summed E-state index contributed by atoms with van der Waals surface area (Å²) in [5.74, 6) is -0.574. The second kappa shape index (κ2) is 7.05. The number of carbonyl (C=O) groups is 2. The van der Waals surface area contributed by atoms with Crippen LogP contribution in [0.3, 0.4) is 0 Å². The number of anilines is 2. The highest BCUT2D eigenvalue weighted by molar-refractivity contribution is 9.10. The van der Waals surface area contributed by atoms with E-state index in [9.17, 15) is 9.59 Å². The predicted molar refractivity (Wildman–Crippen MR) is 81.3 cm³/mol. The number of hydrogen-bond acceptors (Lipinski definition) is 4. The van der Waals surface area contributed by atoms with Gasteiger partial charge in [-0.25, -0.2) is 0 Å². The molecule has 7 heteroatoms. The molecule has 0 aliphatic carbocycles. The van der Waals surface area contributed by atoms with Crippen molar-refractivity contribution in [1.29, 1.82) is 0 Å². The average molecular weight is 353 g/mol. The van der Waals surface area contributed by atoms with Crippen molar-refractivity contribution in [2.24, 2.45) is 0 Å². The van der Waals surface area contributed by atoms with E-state index in [4.69, 9.17) is 9.15 Å². The SMILES string of the molecule is COCC(=O)Nc1cccc(NC(=O)c2ccoc2Br)c1. The Bertz CT molecular complexity index is 654. The normalized spacial score (nSPS) is 10.2. The molecule has 0 aliphatic heterocycles. The van der Waals surface area contributed by atoms with E-state index < -0.39 is 0 Å². The average Bonchev–Trinajstić information content (AvgIpc) is 2.85. The minimum Gasteiger partial charge on any atom is -0.457 e. The van der Waals surface area contributed by atoms with Gasteiger partial charge in [-0.1, -0.05) is 6.07 Å². The summed E-state index contributed by atoms with van der Waals surface area (Å²) in [6.07, 6.45) is 1.42. The molecule has 0 saturated carbocycles. The second-order valence-corrected chi connectivity index (χ2v) is 4.84. The number of halogens is 1. The third kappa shape index (κ3) is 4.17. The Balaban J connectivity index is 2.06. The van der Waals surface area contributed by atoms with Crippen molar-refractivity contribution in [2.75, 3.05) is 24.4 Å². The van der Waals surface area contributed by atoms with Crippen LogP contribution in [0.2, 0.25) is 0 Å². The Labute approximate surface area is 129 Å². The van der Waals surface area contributed by atoms with E-state index in [0.29, 0.717) is 21.6 Å². The molecule has 0 fully saturated rings. The molecular formula is C14H13BrN2O4. The molecule has 0 saturated heterocycles. The first kappa shape index (κ1) is 15.3. The fraction of sp³-hybridized carbons (Fsp3) is 0.143. The van der Waals surface area contributed by atoms with Gasteiger partial charge in [-0.2, -0.15) is 0 Å². The molecule has 21 heavy (non-hydrogen) atoms. The maximum absolute atomic E-state index is 12.0. The summed E-state index contributed by atoms with van der Waals surface area (Å²) in [5, 5.41) is 5.38. The van der Waals surface area contributed by atoms with E-state index in [2.05, 4.69) is 26.6 Å². The Morgan fingerprint density at radius 2 is 1.95 bits per heavy atom. The van der Waals surface area contributed by atoms with Crippen LogP contribution < -0.4 is 10.6 Å². The first-order valence-electron chi connectivity index (χ1n) is 6.03. The van der Waals surface area contributed by atoms with Gasteiger partial charge in [0.05, 0.1) is 11.8 Å². The van der Waals surface area contributed by atoms with E-state index in [-0.39, 0.29) is 18.4 Å². The van der Waals surface area contributed by atoms with Crippen LogP contribution in [0.4, 0.5) is 11.4 Å². The highest BCUT2D eigenvalue weighted by Crippen LogP contribution is 2.20. The molecule has 2 rings (SSSR count). The first-order chi connectivity index (χ1) is 10.1. The molecule has 1 aromatic heterocycles. The summed E-state index contributed by atoms with van der Waals surface area (Å²) in [5.41, 5.74) is 1.52. The van der Waals surface area contributed by atoms with Crippen molar-refractivity contribution in [3.8, 4) is 0 Å². The summed E-state index contributed by atoms with van der Waals surface area (Å²) in [4.78, 5) is 23.5. The summed E-state index contributed by atoms with van der Waals surface area (Å²) in [7, 11) is 1.44. The lowest BCUT2D eigenvalue weighted by molar-refractivity contribution is -0.119. The van der Waals surface area contributed by atoms with E-state index >= 15 is 0 Å². The third-order valence-corrected chi connectivity index (χ3v) is 3.16. The lowest BCUT2D eigenvalue weighted by Crippen LogP contribution is -2.17. The molecule has 1 heterocycles. The molecule has 0 radical (unpaired) electrons. The van der Waals surface area contributed by atoms with Crippen LogP contribution in [0, 0.1) is 0 Å². The summed E-state index contributed by atoms with van der Waals surface area (Å²) in [6, 6.07) is 8.38. The topological polar surface area (TPSA) is 80.6 Å². The number of carbonyl (C=O) groups excluding carboxylic acids is 2. The van der Waals surface area contributed by atoms with Crippen LogP contribution in [-0.2, 0) is 9.53 Å². The number of ether oxygens (including phenoxy) is 1. The molecule has 0 unspecified atom stereocenters. The minimum absolute atomic E-state index is 0.0292. The maximum atomic E-state index is 12.0. The van der Waals surface area contributed by atoms with Gasteiger partial charge in [0.2, 0.25) is 5.91 Å². The van der Waals surface area contributed by atoms with Crippen LogP contribution >= 0.6 is 15.9 Å². The van der Waals surface area contributed by atoms with Crippen molar-refractivity contribution in [3.05, 3.63) is 46.8 Å². The van der Waals surface area contributed by atoms with E-state index in [0.717, 1.165) is 0 Å². The van der Waals surface area contributed by atoms with Gasteiger partial charge in [-0.3, -0.25) is 9.59 Å². The second-order valence-electron chi connectivity index (χ2n) is 4.12. The standard InChI is InChI=1S/C14H13BrN2O4/c1-20-8-12(18)16-9-3-2-4-10(7-9)17-14(19)11-5-6-21-13(11)15/h2-7H,8H2,1H3,(H,16,18)(H,17,19). The minimum atomic E-state index is -0.309. The van der Waals surface area contributed by atoms with Gasteiger partial charge in [-0.15, -0.1) is 0 Å². The van der Waals surface area contributed by atoms with Gasteiger partial charge in [0.15, 0.2) is 4.67 Å². The molecule has 2 aromatic rings. The molecule has 6 nitrogen and oxygen atoms in total. The van der Waals surface area contributed by atoms with Crippen LogP contribution in [0.15, 0.2) is 45.7 Å². The monoisotopic (exact) mass is 352 g/mol. The zero-order valence-electron chi connectivity index (χ0n) is 11.2. The first-order valence-corrected chi connectivity index (χ1v) is 6.82. The summed E-state index contributed by atoms with van der Waals surface area (Å²) < 4.78 is 10.1. The van der Waals surface area contributed by atoms with Crippen LogP contribution in [0.1, 0.15) is 10.4 Å². The van der Waals surface area contributed by atoms with E-state index in [1.807, 2.05) is 0 Å². The maximum Gasteiger partial charge on any atom is 0.260 e. The smallest absolute Gasteiger partial charge is 0.260 e. The zero-order valence-corrected chi connectivity index (χ0v) is 12.8. The van der Waals surface area contributed by atoms with Crippen molar-refractivity contribution >= 4 is 39.1 Å². The number of hydrogen-bond donors (Lipinski definition) is 2. The Morgan fingerprint density at radius 3 is 2.57 bits per heavy atom. The Kier molecular flexibility index (Phi) is 5.13. The predicted octanol–water partition coefficient (Wildman–Crippen LogP) is 2.88.